The van der Waals surface area contributed by atoms with E-state index < -0.39 is 69.7 Å². The van der Waals surface area contributed by atoms with Gasteiger partial charge in [0.2, 0.25) is 0 Å². The first-order chi connectivity index (χ1) is 19.2. The topological polar surface area (TPSA) is 104 Å². The molecule has 0 spiro atoms. The van der Waals surface area contributed by atoms with Crippen LogP contribution >= 0.6 is 0 Å². The first kappa shape index (κ1) is 29.7. The molecule has 218 valence electrons. The summed E-state index contributed by atoms with van der Waals surface area (Å²) in [5.74, 6) is -3.47. The molecule has 8 nitrogen and oxygen atoms in total. The smallest absolute Gasteiger partial charge is 0.416 e. The van der Waals surface area contributed by atoms with E-state index in [0.717, 1.165) is 35.2 Å². The van der Waals surface area contributed by atoms with Crippen molar-refractivity contribution in [3.63, 3.8) is 0 Å². The number of alkyl halides is 5. The van der Waals surface area contributed by atoms with E-state index >= 15 is 0 Å². The summed E-state index contributed by atoms with van der Waals surface area (Å²) in [7, 11) is -4.75. The van der Waals surface area contributed by atoms with Gasteiger partial charge in [-0.05, 0) is 53.6 Å². The van der Waals surface area contributed by atoms with E-state index in [4.69, 9.17) is 5.11 Å². The zero-order valence-corrected chi connectivity index (χ0v) is 21.6. The molecule has 1 N–H and O–H groups in total. The number of nitrogens with zero attached hydrogens (tertiary/aromatic N) is 2. The number of benzene rings is 3. The van der Waals surface area contributed by atoms with Crippen LogP contribution in [0.3, 0.4) is 0 Å². The second kappa shape index (κ2) is 11.3. The van der Waals surface area contributed by atoms with Gasteiger partial charge in [-0.15, -0.1) is 0 Å². The largest absolute Gasteiger partial charge is 0.481 e. The molecule has 0 bridgehead atoms. The van der Waals surface area contributed by atoms with Crippen molar-refractivity contribution in [2.75, 3.05) is 23.9 Å². The molecule has 41 heavy (non-hydrogen) atoms. The Labute approximate surface area is 229 Å². The number of carboxylic acid groups (broad SMARTS) is 1. The lowest BCUT2D eigenvalue weighted by molar-refractivity contribution is -0.138. The molecule has 1 aliphatic heterocycles. The molecule has 3 aromatic carbocycles. The van der Waals surface area contributed by atoms with Crippen LogP contribution in [0.4, 0.5) is 32.0 Å². The van der Waals surface area contributed by atoms with Gasteiger partial charge in [-0.1, -0.05) is 12.1 Å². The summed E-state index contributed by atoms with van der Waals surface area (Å²) in [6, 6.07) is 9.31. The van der Waals surface area contributed by atoms with Gasteiger partial charge < -0.3 is 14.7 Å². The minimum absolute atomic E-state index is 0.0284. The highest BCUT2D eigenvalue weighted by Gasteiger charge is 2.36. The molecule has 1 amide bonds. The first-order valence-electron chi connectivity index (χ1n) is 11.8. The standard InChI is InChI=1S/C26H20F6N2O6S/c27-18-10-16(11-19(14-18)40-25(28)29)15-4-5-21-22(12-15)34(9-8-33(24(21)37)7-6-23(35)36)41(38,39)20-3-1-2-17(13-20)26(30,31)32/h1-5,10-14,25H,6-9H2,(H,35,36). The molecule has 3 aromatic rings. The third-order valence-corrected chi connectivity index (χ3v) is 7.94. The van der Waals surface area contributed by atoms with Gasteiger partial charge in [0.25, 0.3) is 15.9 Å². The molecular formula is C26H20F6N2O6S. The number of hydrogen-bond donors (Lipinski definition) is 1. The Balaban J connectivity index is 1.87. The maximum Gasteiger partial charge on any atom is 0.416 e. The molecule has 1 heterocycles. The maximum atomic E-state index is 14.2. The maximum absolute atomic E-state index is 14.2. The first-order valence-corrected chi connectivity index (χ1v) is 13.2. The predicted molar refractivity (Wildman–Crippen MR) is 133 cm³/mol. The fourth-order valence-electron chi connectivity index (χ4n) is 4.26. The third kappa shape index (κ3) is 6.56. The summed E-state index contributed by atoms with van der Waals surface area (Å²) < 4.78 is 112. The van der Waals surface area contributed by atoms with E-state index in [1.807, 2.05) is 0 Å². The summed E-state index contributed by atoms with van der Waals surface area (Å²) in [4.78, 5) is 24.8. The molecule has 1 aliphatic rings. The average molecular weight is 603 g/mol. The van der Waals surface area contributed by atoms with Crippen LogP contribution in [0.15, 0.2) is 65.6 Å². The van der Waals surface area contributed by atoms with Gasteiger partial charge in [0, 0.05) is 19.2 Å². The second-order valence-corrected chi connectivity index (χ2v) is 10.7. The predicted octanol–water partition coefficient (Wildman–Crippen LogP) is 5.24. The van der Waals surface area contributed by atoms with Crippen molar-refractivity contribution in [1.82, 2.24) is 4.90 Å². The summed E-state index contributed by atoms with van der Waals surface area (Å²) in [5.41, 5.74) is -1.71. The van der Waals surface area contributed by atoms with Gasteiger partial charge in [0.15, 0.2) is 0 Å². The number of carbonyl (C=O) groups is 2. The Hall–Kier alpha value is -4.27. The Morgan fingerprint density at radius 1 is 1.00 bits per heavy atom. The van der Waals surface area contributed by atoms with Crippen LogP contribution in [0, 0.1) is 5.82 Å². The van der Waals surface area contributed by atoms with Gasteiger partial charge in [-0.3, -0.25) is 13.9 Å². The van der Waals surface area contributed by atoms with Crippen LogP contribution in [0.5, 0.6) is 5.75 Å². The SMILES string of the molecule is O=C(O)CCN1CCN(S(=O)(=O)c2cccc(C(F)(F)F)c2)c2cc(-c3cc(F)cc(OC(F)F)c3)ccc2C1=O. The normalized spacial score (nSPS) is 14.2. The molecule has 0 unspecified atom stereocenters. The van der Waals surface area contributed by atoms with Gasteiger partial charge in [0.05, 0.1) is 34.7 Å². The molecule has 0 aromatic heterocycles. The molecule has 15 heteroatoms. The van der Waals surface area contributed by atoms with Crippen molar-refractivity contribution in [3.8, 4) is 16.9 Å². The number of sulfonamides is 1. The Morgan fingerprint density at radius 3 is 2.39 bits per heavy atom. The quantitative estimate of drug-likeness (QED) is 0.354. The lowest BCUT2D eigenvalue weighted by atomic mass is 10.0. The second-order valence-electron chi connectivity index (χ2n) is 8.82. The molecule has 0 radical (unpaired) electrons. The van der Waals surface area contributed by atoms with Crippen LogP contribution in [0.2, 0.25) is 0 Å². The number of rotatable bonds is 8. The summed E-state index contributed by atoms with van der Waals surface area (Å²) in [6.07, 6.45) is -5.32. The summed E-state index contributed by atoms with van der Waals surface area (Å²) in [6.45, 7) is -4.33. The van der Waals surface area contributed by atoms with Crippen LogP contribution in [-0.2, 0) is 21.0 Å². The van der Waals surface area contributed by atoms with Gasteiger partial charge in [0.1, 0.15) is 11.6 Å². The zero-order valence-electron chi connectivity index (χ0n) is 20.7. The van der Waals surface area contributed by atoms with Crippen LogP contribution in [0.25, 0.3) is 11.1 Å². The fourth-order valence-corrected chi connectivity index (χ4v) is 5.77. The minimum Gasteiger partial charge on any atom is -0.481 e. The minimum atomic E-state index is -4.85. The molecular weight excluding hydrogens is 582 g/mol. The van der Waals surface area contributed by atoms with E-state index in [-0.39, 0.29) is 35.5 Å². The highest BCUT2D eigenvalue weighted by Crippen LogP contribution is 2.37. The number of anilines is 1. The van der Waals surface area contributed by atoms with Crippen molar-refractivity contribution in [1.29, 1.82) is 0 Å². The number of hydrogen-bond acceptors (Lipinski definition) is 5. The highest BCUT2D eigenvalue weighted by atomic mass is 32.2. The van der Waals surface area contributed by atoms with E-state index in [9.17, 15) is 44.3 Å². The molecule has 0 saturated heterocycles. The van der Waals surface area contributed by atoms with E-state index in [1.54, 1.807) is 0 Å². The molecule has 0 aliphatic carbocycles. The monoisotopic (exact) mass is 602 g/mol. The number of aliphatic carboxylic acids is 1. The Kier molecular flexibility index (Phi) is 8.19. The van der Waals surface area contributed by atoms with Gasteiger partial charge >= 0.3 is 18.8 Å². The van der Waals surface area contributed by atoms with E-state index in [0.29, 0.717) is 22.5 Å². The van der Waals surface area contributed by atoms with Crippen molar-refractivity contribution in [2.24, 2.45) is 0 Å². The Morgan fingerprint density at radius 2 is 1.73 bits per heavy atom. The van der Waals surface area contributed by atoms with E-state index in [1.165, 1.54) is 12.1 Å². The Bertz CT molecular complexity index is 1600. The summed E-state index contributed by atoms with van der Waals surface area (Å²) in [5, 5.41) is 9.06. The lowest BCUT2D eigenvalue weighted by Crippen LogP contribution is -2.38. The lowest BCUT2D eigenvalue weighted by Gasteiger charge is -2.25. The molecule has 0 fully saturated rings. The van der Waals surface area contributed by atoms with Gasteiger partial charge in [-0.2, -0.15) is 22.0 Å². The van der Waals surface area contributed by atoms with Gasteiger partial charge in [-0.25, -0.2) is 12.8 Å². The highest BCUT2D eigenvalue weighted by molar-refractivity contribution is 7.92. The number of fused-ring (bicyclic) bond motifs is 1. The molecule has 4 rings (SSSR count). The van der Waals surface area contributed by atoms with Crippen molar-refractivity contribution in [3.05, 3.63) is 77.6 Å². The van der Waals surface area contributed by atoms with Crippen LogP contribution in [-0.4, -0.2) is 56.5 Å². The number of halogens is 6. The fraction of sp³-hybridized carbons (Fsp3) is 0.231. The number of carbonyl (C=O) groups excluding carboxylic acids is 1. The zero-order chi connectivity index (χ0) is 30.1. The van der Waals surface area contributed by atoms with Crippen molar-refractivity contribution >= 4 is 27.6 Å². The number of amides is 1. The van der Waals surface area contributed by atoms with Crippen LogP contribution < -0.4 is 9.04 Å². The van der Waals surface area contributed by atoms with Crippen molar-refractivity contribution < 1.29 is 54.2 Å². The molecule has 0 atom stereocenters. The summed E-state index contributed by atoms with van der Waals surface area (Å²) >= 11 is 0. The number of ether oxygens (including phenoxy) is 1. The third-order valence-electron chi connectivity index (χ3n) is 6.13. The van der Waals surface area contributed by atoms with Crippen LogP contribution in [0.1, 0.15) is 22.3 Å². The number of carboxylic acids is 1. The average Bonchev–Trinajstić information content (AvgIpc) is 3.02. The molecule has 0 saturated carbocycles. The van der Waals surface area contributed by atoms with E-state index in [2.05, 4.69) is 4.74 Å². The van der Waals surface area contributed by atoms with Crippen molar-refractivity contribution in [2.45, 2.75) is 24.1 Å².